The van der Waals surface area contributed by atoms with Crippen molar-refractivity contribution in [2.75, 3.05) is 26.4 Å². The Balaban J connectivity index is 2.21. The molecule has 0 aromatic heterocycles. The fourth-order valence-corrected chi connectivity index (χ4v) is 2.75. The molecular weight excluding hydrogens is 483 g/mol. The third-order valence-corrected chi connectivity index (χ3v) is 4.71. The lowest BCUT2D eigenvalue weighted by Gasteiger charge is -2.17. The van der Waals surface area contributed by atoms with Crippen LogP contribution in [0, 0.1) is 5.82 Å². The molecule has 1 N–H and O–H groups in total. The van der Waals surface area contributed by atoms with Gasteiger partial charge >= 0.3 is 11.9 Å². The molecule has 0 aliphatic rings. The Hall–Kier alpha value is -3.95. The molecule has 0 amide bonds. The highest BCUT2D eigenvalue weighted by Crippen LogP contribution is 2.36. The number of benzene rings is 2. The van der Waals surface area contributed by atoms with Gasteiger partial charge in [-0.1, -0.05) is 31.9 Å². The smallest absolute Gasteiger partial charge is 0.338 e. The van der Waals surface area contributed by atoms with E-state index in [2.05, 4.69) is 19.7 Å². The monoisotopic (exact) mass is 514 g/mol. The van der Waals surface area contributed by atoms with Crippen LogP contribution in [0.1, 0.15) is 20.8 Å². The fraction of sp³-hybridized carbons (Fsp3) is 0.286. The quantitative estimate of drug-likeness (QED) is 0.0962. The summed E-state index contributed by atoms with van der Waals surface area (Å²) in [5.41, 5.74) is 2.00. The first-order chi connectivity index (χ1) is 17.5. The van der Waals surface area contributed by atoms with Crippen molar-refractivity contribution in [1.82, 2.24) is 0 Å². The SMILES string of the molecule is C=C(C)C(=O)OCCOc1cc(-c2ccc(OC(=O)C(=C)C)cc2)cc(F)c1OCCOC(O)C(=C)C. The zero-order valence-corrected chi connectivity index (χ0v) is 21.2. The predicted octanol–water partition coefficient (Wildman–Crippen LogP) is 4.76. The first-order valence-corrected chi connectivity index (χ1v) is 11.3. The Morgan fingerprint density at radius 1 is 0.865 bits per heavy atom. The number of esters is 2. The van der Waals surface area contributed by atoms with Crippen LogP contribution in [0.3, 0.4) is 0 Å². The normalized spacial score (nSPS) is 11.3. The van der Waals surface area contributed by atoms with Crippen LogP contribution in [0.25, 0.3) is 11.1 Å². The topological polar surface area (TPSA) is 101 Å². The first kappa shape index (κ1) is 29.3. The van der Waals surface area contributed by atoms with Crippen molar-refractivity contribution in [3.05, 3.63) is 78.7 Å². The van der Waals surface area contributed by atoms with Crippen LogP contribution >= 0.6 is 0 Å². The molecule has 2 rings (SSSR count). The highest BCUT2D eigenvalue weighted by molar-refractivity contribution is 5.89. The molecule has 9 heteroatoms. The van der Waals surface area contributed by atoms with Gasteiger partial charge in [0, 0.05) is 11.1 Å². The van der Waals surface area contributed by atoms with Crippen LogP contribution in [-0.2, 0) is 19.1 Å². The highest BCUT2D eigenvalue weighted by atomic mass is 19.1. The summed E-state index contributed by atoms with van der Waals surface area (Å²) in [5.74, 6) is -1.62. The lowest BCUT2D eigenvalue weighted by atomic mass is 10.0. The molecule has 0 spiro atoms. The molecule has 0 saturated carbocycles. The van der Waals surface area contributed by atoms with Crippen LogP contribution in [0.2, 0.25) is 0 Å². The van der Waals surface area contributed by atoms with Crippen LogP contribution in [-0.4, -0.2) is 49.8 Å². The highest BCUT2D eigenvalue weighted by Gasteiger charge is 2.17. The molecular formula is C28H31FO8. The molecule has 0 bridgehead atoms. The Morgan fingerprint density at radius 2 is 1.49 bits per heavy atom. The third-order valence-electron chi connectivity index (χ3n) is 4.71. The van der Waals surface area contributed by atoms with Crippen molar-refractivity contribution in [1.29, 1.82) is 0 Å². The molecule has 0 heterocycles. The van der Waals surface area contributed by atoms with E-state index in [0.29, 0.717) is 22.4 Å². The zero-order valence-electron chi connectivity index (χ0n) is 21.2. The van der Waals surface area contributed by atoms with Gasteiger partial charge in [0.05, 0.1) is 6.61 Å². The summed E-state index contributed by atoms with van der Waals surface area (Å²) in [6.45, 7) is 15.0. The summed E-state index contributed by atoms with van der Waals surface area (Å²) in [6, 6.07) is 9.28. The zero-order chi connectivity index (χ0) is 27.5. The minimum absolute atomic E-state index is 0.0325. The average molecular weight is 515 g/mol. The number of carbonyl (C=O) groups excluding carboxylic acids is 2. The Kier molecular flexibility index (Phi) is 11.0. The summed E-state index contributed by atoms with van der Waals surface area (Å²) in [5, 5.41) is 9.66. The number of rotatable bonds is 14. The van der Waals surface area contributed by atoms with Gasteiger partial charge in [0.1, 0.15) is 25.6 Å². The average Bonchev–Trinajstić information content (AvgIpc) is 2.85. The minimum Gasteiger partial charge on any atom is -0.486 e. The summed E-state index contributed by atoms with van der Waals surface area (Å²) < 4.78 is 41.7. The van der Waals surface area contributed by atoms with Crippen molar-refractivity contribution < 1.29 is 42.8 Å². The number of hydrogen-bond donors (Lipinski definition) is 1. The molecule has 1 unspecified atom stereocenters. The molecule has 1 atom stereocenters. The first-order valence-electron chi connectivity index (χ1n) is 11.3. The van der Waals surface area contributed by atoms with Crippen molar-refractivity contribution >= 4 is 11.9 Å². The molecule has 37 heavy (non-hydrogen) atoms. The number of hydrogen-bond acceptors (Lipinski definition) is 8. The van der Waals surface area contributed by atoms with Gasteiger partial charge in [0.15, 0.2) is 23.6 Å². The van der Waals surface area contributed by atoms with E-state index in [-0.39, 0.29) is 49.1 Å². The molecule has 0 saturated heterocycles. The van der Waals surface area contributed by atoms with E-state index in [1.54, 1.807) is 44.2 Å². The van der Waals surface area contributed by atoms with E-state index >= 15 is 4.39 Å². The molecule has 0 aliphatic carbocycles. The van der Waals surface area contributed by atoms with Crippen LogP contribution < -0.4 is 14.2 Å². The van der Waals surface area contributed by atoms with Gasteiger partial charge in [-0.15, -0.1) is 0 Å². The van der Waals surface area contributed by atoms with E-state index in [9.17, 15) is 14.7 Å². The Labute approximate surface area is 215 Å². The second-order valence-corrected chi connectivity index (χ2v) is 8.16. The summed E-state index contributed by atoms with van der Waals surface area (Å²) in [4.78, 5) is 23.3. The summed E-state index contributed by atoms with van der Waals surface area (Å²) >= 11 is 0. The lowest BCUT2D eigenvalue weighted by molar-refractivity contribution is -0.139. The molecule has 2 aromatic carbocycles. The fourth-order valence-electron chi connectivity index (χ4n) is 2.75. The van der Waals surface area contributed by atoms with E-state index < -0.39 is 24.0 Å². The summed E-state index contributed by atoms with van der Waals surface area (Å²) in [6.07, 6.45) is -1.16. The Morgan fingerprint density at radius 3 is 2.08 bits per heavy atom. The van der Waals surface area contributed by atoms with E-state index in [0.717, 1.165) is 0 Å². The van der Waals surface area contributed by atoms with Gasteiger partial charge in [0.2, 0.25) is 0 Å². The second-order valence-electron chi connectivity index (χ2n) is 8.16. The van der Waals surface area contributed by atoms with Crippen molar-refractivity contribution in [2.45, 2.75) is 27.1 Å². The predicted molar refractivity (Wildman–Crippen MR) is 136 cm³/mol. The maximum absolute atomic E-state index is 15.1. The number of ether oxygens (including phenoxy) is 5. The largest absolute Gasteiger partial charge is 0.486 e. The van der Waals surface area contributed by atoms with Gasteiger partial charge in [0.25, 0.3) is 0 Å². The van der Waals surface area contributed by atoms with Gasteiger partial charge in [-0.25, -0.2) is 14.0 Å². The maximum Gasteiger partial charge on any atom is 0.338 e. The van der Waals surface area contributed by atoms with E-state index in [4.69, 9.17) is 23.7 Å². The number of carbonyl (C=O) groups is 2. The van der Waals surface area contributed by atoms with E-state index in [1.807, 2.05) is 0 Å². The molecule has 0 radical (unpaired) electrons. The summed E-state index contributed by atoms with van der Waals surface area (Å²) in [7, 11) is 0. The second kappa shape index (κ2) is 14.0. The van der Waals surface area contributed by atoms with Crippen molar-refractivity contribution in [3.63, 3.8) is 0 Å². The van der Waals surface area contributed by atoms with Gasteiger partial charge < -0.3 is 28.8 Å². The van der Waals surface area contributed by atoms with Gasteiger partial charge in [-0.3, -0.25) is 0 Å². The molecule has 0 fully saturated rings. The molecule has 2 aromatic rings. The van der Waals surface area contributed by atoms with E-state index in [1.165, 1.54) is 13.0 Å². The molecule has 8 nitrogen and oxygen atoms in total. The number of halogens is 1. The van der Waals surface area contributed by atoms with Gasteiger partial charge in [-0.05, 0) is 61.7 Å². The molecule has 198 valence electrons. The van der Waals surface area contributed by atoms with Gasteiger partial charge in [-0.2, -0.15) is 0 Å². The van der Waals surface area contributed by atoms with Crippen LogP contribution in [0.15, 0.2) is 72.9 Å². The van der Waals surface area contributed by atoms with Crippen LogP contribution in [0.4, 0.5) is 4.39 Å². The third kappa shape index (κ3) is 9.21. The maximum atomic E-state index is 15.1. The number of aliphatic hydroxyl groups is 1. The number of aliphatic hydroxyl groups excluding tert-OH is 1. The minimum atomic E-state index is -1.16. The molecule has 0 aliphatic heterocycles. The van der Waals surface area contributed by atoms with Crippen molar-refractivity contribution in [3.8, 4) is 28.4 Å². The standard InChI is InChI=1S/C28H31FO8/c1-17(2)26(30)35-13-11-33-24-16-21(20-7-9-22(10-8-20)37-28(32)19(5)6)15-23(29)25(24)34-12-14-36-27(31)18(3)4/h7-10,15-16,27,31H,1,3,5,11-14H2,2,4,6H3. The van der Waals surface area contributed by atoms with Crippen molar-refractivity contribution in [2.24, 2.45) is 0 Å². The van der Waals surface area contributed by atoms with Crippen LogP contribution in [0.5, 0.6) is 17.2 Å². The lowest BCUT2D eigenvalue weighted by Crippen LogP contribution is -2.18. The Bertz CT molecular complexity index is 1150.